The molecule has 4 N–H and O–H groups in total. The third kappa shape index (κ3) is 544. The second-order valence-corrected chi connectivity index (χ2v) is 2.11. The fraction of sp³-hybridized carbons (Fsp3) is 0.875. The Hall–Kier alpha value is -0.650. The third-order valence-electron chi connectivity index (χ3n) is 0.287. The van der Waals surface area contributed by atoms with Gasteiger partial charge in [0.15, 0.2) is 0 Å². The van der Waals surface area contributed by atoms with Crippen LogP contribution in [0.15, 0.2) is 0 Å². The Morgan fingerprint density at radius 1 is 1.46 bits per heavy atom. The van der Waals surface area contributed by atoms with Crippen LogP contribution in [-0.2, 0) is 9.53 Å². The quantitative estimate of drug-likeness (QED) is 0.524. The van der Waals surface area contributed by atoms with Crippen LogP contribution in [0.4, 0.5) is 0 Å². The van der Waals surface area contributed by atoms with Crippen molar-refractivity contribution in [1.29, 1.82) is 0 Å². The normalized spacial score (nSPS) is 6.77. The molecule has 0 aromatic heterocycles. The molecule has 0 heterocycles. The lowest BCUT2D eigenvalue weighted by molar-refractivity contribution is -0.137. The molecule has 5 heteroatoms. The fourth-order valence-electron chi connectivity index (χ4n) is 0. The summed E-state index contributed by atoms with van der Waals surface area (Å²) in [5, 5.41) is 15.6. The number of aliphatic hydroxyl groups excluding tert-OH is 2. The third-order valence-corrected chi connectivity index (χ3v) is 0.287. The van der Waals surface area contributed by atoms with E-state index in [0.717, 1.165) is 0 Å². The van der Waals surface area contributed by atoms with E-state index < -0.39 is 0 Å². The molecule has 0 amide bonds. The van der Waals surface area contributed by atoms with Crippen molar-refractivity contribution in [2.24, 2.45) is 0 Å². The Morgan fingerprint density at radius 2 is 1.54 bits per heavy atom. The van der Waals surface area contributed by atoms with Gasteiger partial charge in [0.25, 0.3) is 0 Å². The summed E-state index contributed by atoms with van der Waals surface area (Å²) in [5.41, 5.74) is 0. The van der Waals surface area contributed by atoms with Crippen molar-refractivity contribution in [3.05, 3.63) is 0 Å². The van der Waals surface area contributed by atoms with Gasteiger partial charge in [0.05, 0.1) is 7.11 Å². The summed E-state index contributed by atoms with van der Waals surface area (Å²) in [7, 11) is 1.35. The van der Waals surface area contributed by atoms with Gasteiger partial charge >= 0.3 is 5.97 Å². The maximum atomic E-state index is 9.59. The maximum absolute atomic E-state index is 9.59. The van der Waals surface area contributed by atoms with Gasteiger partial charge in [-0.25, -0.2) is 0 Å². The molecule has 0 bridgehead atoms. The Morgan fingerprint density at radius 3 is 1.54 bits per heavy atom. The molecule has 0 aliphatic rings. The molecular formula is C8H22O5. The lowest BCUT2D eigenvalue weighted by atomic mass is 10.5. The first-order chi connectivity index (χ1) is 5.42. The number of carbonyl (C=O) groups is 1. The van der Waals surface area contributed by atoms with Gasteiger partial charge in [-0.05, 0) is 20.8 Å². The summed E-state index contributed by atoms with van der Waals surface area (Å²) in [4.78, 5) is 9.59. The zero-order valence-corrected chi connectivity index (χ0v) is 9.00. The number of ether oxygens (including phenoxy) is 1. The molecule has 0 saturated heterocycles. The van der Waals surface area contributed by atoms with E-state index in [1.165, 1.54) is 14.0 Å². The Bertz CT molecular complexity index is 79.8. The van der Waals surface area contributed by atoms with Crippen LogP contribution in [0.1, 0.15) is 27.7 Å². The van der Waals surface area contributed by atoms with E-state index in [9.17, 15) is 4.79 Å². The van der Waals surface area contributed by atoms with E-state index in [-0.39, 0.29) is 24.2 Å². The molecule has 13 heavy (non-hydrogen) atoms. The Kier molecular flexibility index (Phi) is 39.5. The first kappa shape index (κ1) is 22.8. The standard InChI is InChI=1S/C3H6O2.C3H8O.C2H6O.H2O/c1-3(4)5-2;1-3(2)4;1-2-3;/h1-2H3;3-4H,1-2H3;3H,2H2,1H3;1H2. The summed E-state index contributed by atoms with van der Waals surface area (Å²) in [6, 6.07) is 0. The monoisotopic (exact) mass is 198 g/mol. The van der Waals surface area contributed by atoms with Crippen molar-refractivity contribution < 1.29 is 25.2 Å². The van der Waals surface area contributed by atoms with Crippen molar-refractivity contribution >= 4 is 5.97 Å². The highest BCUT2D eigenvalue weighted by atomic mass is 16.5. The second kappa shape index (κ2) is 22.5. The summed E-state index contributed by atoms with van der Waals surface area (Å²) in [6.45, 7) is 6.74. The molecule has 0 aliphatic carbocycles. The highest BCUT2D eigenvalue weighted by Crippen LogP contribution is 1.65. The number of rotatable bonds is 0. The maximum Gasteiger partial charge on any atom is 0.302 e. The highest BCUT2D eigenvalue weighted by molar-refractivity contribution is 5.65. The minimum Gasteiger partial charge on any atom is -0.469 e. The van der Waals surface area contributed by atoms with Gasteiger partial charge in [-0.3, -0.25) is 4.79 Å². The van der Waals surface area contributed by atoms with E-state index in [4.69, 9.17) is 10.2 Å². The SMILES string of the molecule is CC(C)O.CCO.COC(C)=O.O. The van der Waals surface area contributed by atoms with Crippen LogP contribution in [0.25, 0.3) is 0 Å². The van der Waals surface area contributed by atoms with Crippen LogP contribution in [0.3, 0.4) is 0 Å². The lowest BCUT2D eigenvalue weighted by Crippen LogP contribution is -1.88. The molecule has 0 fully saturated rings. The summed E-state index contributed by atoms with van der Waals surface area (Å²) in [6.07, 6.45) is -0.167. The van der Waals surface area contributed by atoms with Crippen molar-refractivity contribution in [3.8, 4) is 0 Å². The van der Waals surface area contributed by atoms with E-state index in [0.29, 0.717) is 0 Å². The molecule has 0 aliphatic heterocycles. The predicted molar refractivity (Wildman–Crippen MR) is 51.4 cm³/mol. The van der Waals surface area contributed by atoms with Crippen LogP contribution in [0.2, 0.25) is 0 Å². The first-order valence-corrected chi connectivity index (χ1v) is 3.75. The van der Waals surface area contributed by atoms with Crippen molar-refractivity contribution in [1.82, 2.24) is 0 Å². The number of esters is 1. The van der Waals surface area contributed by atoms with E-state index in [1.54, 1.807) is 20.8 Å². The lowest BCUT2D eigenvalue weighted by Gasteiger charge is -1.80. The molecule has 0 aromatic rings. The molecule has 0 atom stereocenters. The topological polar surface area (TPSA) is 98.3 Å². The van der Waals surface area contributed by atoms with Gasteiger partial charge in [-0.2, -0.15) is 0 Å². The molecule has 84 valence electrons. The highest BCUT2D eigenvalue weighted by Gasteiger charge is 1.75. The minimum absolute atomic E-state index is 0. The predicted octanol–water partition coefficient (Wildman–Crippen LogP) is -0.260. The number of carbonyl (C=O) groups excluding carboxylic acids is 1. The summed E-state index contributed by atoms with van der Waals surface area (Å²) < 4.78 is 4.11. The largest absolute Gasteiger partial charge is 0.469 e. The van der Waals surface area contributed by atoms with Crippen molar-refractivity contribution in [2.45, 2.75) is 33.8 Å². The smallest absolute Gasteiger partial charge is 0.302 e. The van der Waals surface area contributed by atoms with Crippen molar-refractivity contribution in [2.75, 3.05) is 13.7 Å². The van der Waals surface area contributed by atoms with Crippen LogP contribution in [-0.4, -0.2) is 41.5 Å². The number of methoxy groups -OCH3 is 1. The molecule has 5 nitrogen and oxygen atoms in total. The summed E-state index contributed by atoms with van der Waals surface area (Å²) in [5.74, 6) is -0.245. The van der Waals surface area contributed by atoms with Crippen LogP contribution in [0.5, 0.6) is 0 Å². The van der Waals surface area contributed by atoms with E-state index >= 15 is 0 Å². The second-order valence-electron chi connectivity index (χ2n) is 2.11. The average molecular weight is 198 g/mol. The van der Waals surface area contributed by atoms with Crippen LogP contribution < -0.4 is 0 Å². The Balaban J connectivity index is -0.0000000465. The molecule has 0 rings (SSSR count). The number of hydrogen-bond acceptors (Lipinski definition) is 4. The zero-order chi connectivity index (χ0) is 10.6. The molecule has 0 aromatic carbocycles. The van der Waals surface area contributed by atoms with Gasteiger partial charge < -0.3 is 20.4 Å². The van der Waals surface area contributed by atoms with Gasteiger partial charge in [0.2, 0.25) is 0 Å². The van der Waals surface area contributed by atoms with Gasteiger partial charge in [0.1, 0.15) is 0 Å². The summed E-state index contributed by atoms with van der Waals surface area (Å²) >= 11 is 0. The van der Waals surface area contributed by atoms with Crippen LogP contribution >= 0.6 is 0 Å². The molecule has 0 unspecified atom stereocenters. The minimum atomic E-state index is -0.245. The zero-order valence-electron chi connectivity index (χ0n) is 9.00. The van der Waals surface area contributed by atoms with E-state index in [2.05, 4.69) is 4.74 Å². The fourth-order valence-corrected chi connectivity index (χ4v) is 0. The van der Waals surface area contributed by atoms with Crippen molar-refractivity contribution in [3.63, 3.8) is 0 Å². The van der Waals surface area contributed by atoms with E-state index in [1.807, 2.05) is 0 Å². The van der Waals surface area contributed by atoms with Gasteiger partial charge in [-0.15, -0.1) is 0 Å². The molecule has 0 saturated carbocycles. The molecular weight excluding hydrogens is 176 g/mol. The first-order valence-electron chi connectivity index (χ1n) is 3.75. The number of aliphatic hydroxyl groups is 2. The Labute approximate surface area is 79.6 Å². The molecule has 0 spiro atoms. The number of hydrogen-bond donors (Lipinski definition) is 2. The van der Waals surface area contributed by atoms with Gasteiger partial charge in [0, 0.05) is 19.6 Å². The van der Waals surface area contributed by atoms with Gasteiger partial charge in [-0.1, -0.05) is 0 Å². The molecule has 0 radical (unpaired) electrons. The van der Waals surface area contributed by atoms with Crippen LogP contribution in [0, 0.1) is 0 Å². The average Bonchev–Trinajstić information content (AvgIpc) is 1.88.